The van der Waals surface area contributed by atoms with E-state index in [1.54, 1.807) is 7.11 Å². The van der Waals surface area contributed by atoms with E-state index in [4.69, 9.17) is 14.2 Å². The molecule has 2 fully saturated rings. The second kappa shape index (κ2) is 13.5. The molecule has 226 valence electrons. The second-order valence-electron chi connectivity index (χ2n) is 12.1. The lowest BCUT2D eigenvalue weighted by Crippen LogP contribution is -2.36. The second-order valence-corrected chi connectivity index (χ2v) is 12.1. The number of methoxy groups -OCH3 is 1. The van der Waals surface area contributed by atoms with Crippen molar-refractivity contribution in [2.75, 3.05) is 33.5 Å². The van der Waals surface area contributed by atoms with Gasteiger partial charge in [0.25, 0.3) is 0 Å². The molecule has 7 heteroatoms. The number of benzene rings is 3. The first-order valence-electron chi connectivity index (χ1n) is 15.3. The monoisotopic (exact) mass is 610 g/mol. The van der Waals surface area contributed by atoms with E-state index in [0.717, 1.165) is 42.4 Å². The minimum Gasteiger partial charge on any atom is -0.496 e. The number of hydrogen-bond donors (Lipinski definition) is 1. The number of hydrogen-bond acceptors (Lipinski definition) is 5. The molecule has 2 saturated heterocycles. The SMILES string of the molecule is COc1c(C)ccc2c1CC[C@@H]1NCC[C@H]21.Cl.Cl.c1ccc(CCN2CC[C@@H]3c4ccc5c(c4CC[C@@H]32)OCO5)cc1. The largest absolute Gasteiger partial charge is 0.496 e. The molecule has 42 heavy (non-hydrogen) atoms. The molecule has 0 amide bonds. The summed E-state index contributed by atoms with van der Waals surface area (Å²) in [5, 5.41) is 3.61. The highest BCUT2D eigenvalue weighted by atomic mass is 35.5. The first kappa shape index (κ1) is 31.0. The van der Waals surface area contributed by atoms with Gasteiger partial charge in [0.05, 0.1) is 7.11 Å². The number of rotatable bonds is 4. The maximum Gasteiger partial charge on any atom is 0.231 e. The molecule has 5 aliphatic rings. The van der Waals surface area contributed by atoms with Crippen molar-refractivity contribution in [1.29, 1.82) is 0 Å². The Balaban J connectivity index is 0.000000172. The summed E-state index contributed by atoms with van der Waals surface area (Å²) < 4.78 is 16.9. The highest BCUT2D eigenvalue weighted by molar-refractivity contribution is 5.85. The van der Waals surface area contributed by atoms with Crippen LogP contribution in [0.5, 0.6) is 17.2 Å². The first-order valence-corrected chi connectivity index (χ1v) is 15.3. The topological polar surface area (TPSA) is 43.0 Å². The Labute approximate surface area is 263 Å². The molecule has 0 aromatic heterocycles. The maximum absolute atomic E-state index is 5.74. The number of likely N-dealkylation sites (tertiary alicyclic amines) is 1. The van der Waals surface area contributed by atoms with E-state index in [1.165, 1.54) is 78.7 Å². The molecule has 0 bridgehead atoms. The third kappa shape index (κ3) is 5.74. The van der Waals surface area contributed by atoms with Gasteiger partial charge in [-0.2, -0.15) is 0 Å². The number of halogens is 2. The number of ether oxygens (including phenoxy) is 3. The van der Waals surface area contributed by atoms with Gasteiger partial charge in [0.1, 0.15) is 5.75 Å². The van der Waals surface area contributed by atoms with Crippen molar-refractivity contribution >= 4 is 24.8 Å². The fraction of sp³-hybridized carbons (Fsp3) is 0.486. The molecule has 3 aromatic carbocycles. The Morgan fingerprint density at radius 1 is 0.857 bits per heavy atom. The average molecular weight is 612 g/mol. The van der Waals surface area contributed by atoms with Crippen molar-refractivity contribution in [2.24, 2.45) is 0 Å². The Bertz CT molecular complexity index is 1370. The fourth-order valence-electron chi connectivity index (χ4n) is 8.19. The van der Waals surface area contributed by atoms with Crippen LogP contribution in [0.15, 0.2) is 54.6 Å². The van der Waals surface area contributed by atoms with Crippen LogP contribution in [0.2, 0.25) is 0 Å². The van der Waals surface area contributed by atoms with Crippen LogP contribution < -0.4 is 19.5 Å². The van der Waals surface area contributed by atoms with Crippen LogP contribution in [0.1, 0.15) is 70.9 Å². The van der Waals surface area contributed by atoms with Crippen LogP contribution in [0.3, 0.4) is 0 Å². The lowest BCUT2D eigenvalue weighted by atomic mass is 9.79. The van der Waals surface area contributed by atoms with E-state index in [0.29, 0.717) is 24.8 Å². The van der Waals surface area contributed by atoms with Crippen LogP contribution in [0.4, 0.5) is 0 Å². The standard InChI is InChI=1S/C21H23NO2.C14H19NO.2ClH/c1-2-4-15(5-3-1)10-12-22-13-11-17-16-7-9-20-21(24-14-23-20)18(16)6-8-19(17)22;1-9-3-4-10-11-7-8-15-13(11)6-5-12(10)14(9)16-2;;/h1-5,7,9,17,19H,6,8,10-14H2;3-4,11,13,15H,5-8H2,1-2H3;2*1H/t17-,19+;11-,13+;;/m11../s1. The van der Waals surface area contributed by atoms with Gasteiger partial charge in [0.15, 0.2) is 11.5 Å². The molecule has 2 aliphatic carbocycles. The molecule has 4 atom stereocenters. The molecule has 3 aliphatic heterocycles. The molecule has 0 unspecified atom stereocenters. The Morgan fingerprint density at radius 3 is 2.48 bits per heavy atom. The summed E-state index contributed by atoms with van der Waals surface area (Å²) in [6.45, 7) is 6.08. The van der Waals surface area contributed by atoms with E-state index in [2.05, 4.69) is 71.7 Å². The molecular weight excluding hydrogens is 567 g/mol. The smallest absolute Gasteiger partial charge is 0.231 e. The van der Waals surface area contributed by atoms with Crippen LogP contribution in [-0.4, -0.2) is 50.5 Å². The number of nitrogens with zero attached hydrogens (tertiary/aromatic N) is 1. The molecule has 5 nitrogen and oxygen atoms in total. The van der Waals surface area contributed by atoms with Gasteiger partial charge < -0.3 is 19.5 Å². The van der Waals surface area contributed by atoms with Crippen molar-refractivity contribution in [3.63, 3.8) is 0 Å². The number of nitrogens with one attached hydrogen (secondary N) is 1. The van der Waals surface area contributed by atoms with Crippen LogP contribution in [0.25, 0.3) is 0 Å². The normalized spacial score (nSPS) is 24.5. The molecule has 3 heterocycles. The minimum atomic E-state index is 0. The molecule has 1 N–H and O–H groups in total. The zero-order valence-electron chi connectivity index (χ0n) is 24.8. The zero-order chi connectivity index (χ0) is 27.1. The Morgan fingerprint density at radius 2 is 1.64 bits per heavy atom. The van der Waals surface area contributed by atoms with Gasteiger partial charge in [-0.25, -0.2) is 0 Å². The van der Waals surface area contributed by atoms with Gasteiger partial charge in [0, 0.05) is 36.0 Å². The number of aryl methyl sites for hydroxylation is 1. The van der Waals surface area contributed by atoms with Crippen molar-refractivity contribution in [3.8, 4) is 17.2 Å². The predicted octanol–water partition coefficient (Wildman–Crippen LogP) is 7.00. The van der Waals surface area contributed by atoms with Crippen molar-refractivity contribution in [1.82, 2.24) is 10.2 Å². The highest BCUT2D eigenvalue weighted by Crippen LogP contribution is 2.48. The Kier molecular flexibility index (Phi) is 9.94. The fourth-order valence-corrected chi connectivity index (χ4v) is 8.19. The van der Waals surface area contributed by atoms with E-state index < -0.39 is 0 Å². The third-order valence-electron chi connectivity index (χ3n) is 10.1. The lowest BCUT2D eigenvalue weighted by Gasteiger charge is -2.33. The highest BCUT2D eigenvalue weighted by Gasteiger charge is 2.40. The molecular formula is C35H44Cl2N2O3. The molecule has 8 rings (SSSR count). The van der Waals surface area contributed by atoms with E-state index in [9.17, 15) is 0 Å². The zero-order valence-corrected chi connectivity index (χ0v) is 26.4. The van der Waals surface area contributed by atoms with Gasteiger partial charge in [-0.3, -0.25) is 4.90 Å². The lowest BCUT2D eigenvalue weighted by molar-refractivity contribution is 0.172. The van der Waals surface area contributed by atoms with Crippen LogP contribution in [0, 0.1) is 6.92 Å². The van der Waals surface area contributed by atoms with Crippen molar-refractivity contribution in [3.05, 3.63) is 88.0 Å². The molecule has 0 saturated carbocycles. The summed E-state index contributed by atoms with van der Waals surface area (Å²) in [6, 6.07) is 21.2. The van der Waals surface area contributed by atoms with Gasteiger partial charge in [-0.05, 0) is 98.8 Å². The predicted molar refractivity (Wildman–Crippen MR) is 173 cm³/mol. The van der Waals surface area contributed by atoms with Gasteiger partial charge in [0.2, 0.25) is 6.79 Å². The van der Waals surface area contributed by atoms with E-state index >= 15 is 0 Å². The summed E-state index contributed by atoms with van der Waals surface area (Å²) in [5.74, 6) is 4.47. The Hall–Kier alpha value is -2.44. The molecule has 0 spiro atoms. The van der Waals surface area contributed by atoms with Crippen LogP contribution >= 0.6 is 24.8 Å². The van der Waals surface area contributed by atoms with Crippen molar-refractivity contribution < 1.29 is 14.2 Å². The summed E-state index contributed by atoms with van der Waals surface area (Å²) >= 11 is 0. The summed E-state index contributed by atoms with van der Waals surface area (Å²) in [5.41, 5.74) is 8.64. The number of fused-ring (bicyclic) bond motifs is 8. The average Bonchev–Trinajstić information content (AvgIpc) is 3.76. The maximum atomic E-state index is 5.74. The minimum absolute atomic E-state index is 0. The first-order chi connectivity index (χ1) is 19.7. The molecule has 3 aromatic rings. The summed E-state index contributed by atoms with van der Waals surface area (Å²) in [6.07, 6.45) is 8.48. The van der Waals surface area contributed by atoms with Gasteiger partial charge in [-0.15, -0.1) is 24.8 Å². The quantitative estimate of drug-likeness (QED) is 0.344. The summed E-state index contributed by atoms with van der Waals surface area (Å²) in [7, 11) is 1.79. The third-order valence-corrected chi connectivity index (χ3v) is 10.1. The van der Waals surface area contributed by atoms with E-state index in [1.807, 2.05) is 0 Å². The van der Waals surface area contributed by atoms with Gasteiger partial charge >= 0.3 is 0 Å². The summed E-state index contributed by atoms with van der Waals surface area (Å²) in [4.78, 5) is 2.71. The van der Waals surface area contributed by atoms with Crippen LogP contribution in [-0.2, 0) is 19.3 Å². The van der Waals surface area contributed by atoms with Gasteiger partial charge in [-0.1, -0.05) is 48.5 Å². The van der Waals surface area contributed by atoms with Crippen molar-refractivity contribution in [2.45, 2.75) is 75.8 Å². The molecule has 0 radical (unpaired) electrons. The van der Waals surface area contributed by atoms with E-state index in [-0.39, 0.29) is 24.8 Å².